The molecule has 7 aromatic carbocycles. The molecule has 11 rings (SSSR count). The molecule has 0 radical (unpaired) electrons. The van der Waals surface area contributed by atoms with Crippen LogP contribution in [0.2, 0.25) is 13.1 Å². The topological polar surface area (TPSA) is 35.6 Å². The van der Waals surface area contributed by atoms with E-state index in [0.29, 0.717) is 0 Å². The molecule has 0 N–H and O–H groups in total. The molecule has 0 bridgehead atoms. The minimum absolute atomic E-state index is 0.745. The highest BCUT2D eigenvalue weighted by Crippen LogP contribution is 2.38. The van der Waals surface area contributed by atoms with Crippen molar-refractivity contribution in [3.05, 3.63) is 170 Å². The maximum Gasteiger partial charge on any atom is 0.160 e. The highest BCUT2D eigenvalue weighted by atomic mass is 28.3. The van der Waals surface area contributed by atoms with Gasteiger partial charge in [0.2, 0.25) is 0 Å². The zero-order valence-electron chi connectivity index (χ0n) is 29.5. The predicted octanol–water partition coefficient (Wildman–Crippen LogP) is 10.8. The van der Waals surface area contributed by atoms with E-state index in [2.05, 4.69) is 192 Å². The summed E-state index contributed by atoms with van der Waals surface area (Å²) >= 11 is 0. The standard InChI is InChI=1S/C48H34N4Si/c1-53(2)44-26-13-9-22-38(44)46-47(53)45(31-27-28-43-39(30-31)37-21-8-12-25-42(37)51(43)33-16-4-3-5-17-33)49-48(50-46)32-15-14-18-34(29-32)52-40-23-10-6-19-35(40)36-20-7-11-24-41(36)52/h3-30H,1-2H3. The number of aromatic nitrogens is 4. The van der Waals surface area contributed by atoms with Gasteiger partial charge in [-0.3, -0.25) is 0 Å². The minimum Gasteiger partial charge on any atom is -0.309 e. The van der Waals surface area contributed by atoms with Gasteiger partial charge < -0.3 is 9.13 Å². The summed E-state index contributed by atoms with van der Waals surface area (Å²) in [6.45, 7) is 4.90. The number of hydrogen-bond acceptors (Lipinski definition) is 2. The van der Waals surface area contributed by atoms with Crippen LogP contribution < -0.4 is 10.4 Å². The molecule has 0 aliphatic carbocycles. The van der Waals surface area contributed by atoms with E-state index in [9.17, 15) is 0 Å². The molecule has 3 aromatic heterocycles. The average molecular weight is 695 g/mol. The lowest BCUT2D eigenvalue weighted by Crippen LogP contribution is -2.50. The van der Waals surface area contributed by atoms with E-state index >= 15 is 0 Å². The van der Waals surface area contributed by atoms with Crippen molar-refractivity contribution in [3.63, 3.8) is 0 Å². The summed E-state index contributed by atoms with van der Waals surface area (Å²) in [6, 6.07) is 61.3. The lowest BCUT2D eigenvalue weighted by molar-refractivity contribution is 1.16. The summed E-state index contributed by atoms with van der Waals surface area (Å²) in [5.41, 5.74) is 12.5. The van der Waals surface area contributed by atoms with Gasteiger partial charge in [-0.15, -0.1) is 0 Å². The van der Waals surface area contributed by atoms with Gasteiger partial charge in [-0.1, -0.05) is 128 Å². The van der Waals surface area contributed by atoms with Crippen LogP contribution in [0.15, 0.2) is 170 Å². The fourth-order valence-corrected chi connectivity index (χ4v) is 12.1. The van der Waals surface area contributed by atoms with Gasteiger partial charge in [-0.2, -0.15) is 0 Å². The number of hydrogen-bond donors (Lipinski definition) is 0. The van der Waals surface area contributed by atoms with E-state index in [1.165, 1.54) is 59.5 Å². The molecule has 5 heteroatoms. The first-order valence-electron chi connectivity index (χ1n) is 18.3. The molecule has 4 nitrogen and oxygen atoms in total. The summed E-state index contributed by atoms with van der Waals surface area (Å²) in [4.78, 5) is 11.0. The molecule has 250 valence electrons. The lowest BCUT2D eigenvalue weighted by Gasteiger charge is -2.22. The van der Waals surface area contributed by atoms with E-state index < -0.39 is 8.07 Å². The molecule has 10 aromatic rings. The second-order valence-electron chi connectivity index (χ2n) is 14.6. The number of benzene rings is 7. The minimum atomic E-state index is -2.15. The number of fused-ring (bicyclic) bond motifs is 9. The van der Waals surface area contributed by atoms with E-state index in [0.717, 1.165) is 39.7 Å². The highest BCUT2D eigenvalue weighted by molar-refractivity contribution is 7.04. The number of rotatable bonds is 4. The van der Waals surface area contributed by atoms with Gasteiger partial charge in [0.05, 0.1) is 33.5 Å². The van der Waals surface area contributed by atoms with E-state index in [-0.39, 0.29) is 0 Å². The van der Waals surface area contributed by atoms with Crippen LogP contribution in [0.25, 0.3) is 88.9 Å². The second kappa shape index (κ2) is 11.2. The Morgan fingerprint density at radius 1 is 0.415 bits per heavy atom. The molecular formula is C48H34N4Si. The molecule has 4 heterocycles. The predicted molar refractivity (Wildman–Crippen MR) is 224 cm³/mol. The normalized spacial score (nSPS) is 13.2. The average Bonchev–Trinajstić information content (AvgIpc) is 3.81. The van der Waals surface area contributed by atoms with Crippen LogP contribution in [0, 0.1) is 0 Å². The largest absolute Gasteiger partial charge is 0.309 e. The zero-order chi connectivity index (χ0) is 35.3. The SMILES string of the molecule is C[Si]1(C)c2ccccc2-c2nc(-c3cccc(-n4c5ccccc5c5ccccc54)c3)nc(-c3ccc4c(c3)c3ccccc3n4-c3ccccc3)c21. The third-order valence-electron chi connectivity index (χ3n) is 11.3. The van der Waals surface area contributed by atoms with Crippen LogP contribution in [0.1, 0.15) is 0 Å². The Kier molecular flexibility index (Phi) is 6.37. The van der Waals surface area contributed by atoms with Gasteiger partial charge in [-0.25, -0.2) is 9.97 Å². The molecule has 0 atom stereocenters. The van der Waals surface area contributed by atoms with Gasteiger partial charge >= 0.3 is 0 Å². The van der Waals surface area contributed by atoms with Crippen molar-refractivity contribution >= 4 is 62.1 Å². The molecule has 53 heavy (non-hydrogen) atoms. The van der Waals surface area contributed by atoms with Gasteiger partial charge in [-0.05, 0) is 70.5 Å². The summed E-state index contributed by atoms with van der Waals surface area (Å²) in [7, 11) is -2.15. The molecule has 0 fully saturated rings. The first-order chi connectivity index (χ1) is 26.1. The molecule has 1 aliphatic heterocycles. The van der Waals surface area contributed by atoms with Crippen LogP contribution in [-0.2, 0) is 0 Å². The summed E-state index contributed by atoms with van der Waals surface area (Å²) in [5.74, 6) is 0.745. The Morgan fingerprint density at radius 2 is 0.962 bits per heavy atom. The smallest absolute Gasteiger partial charge is 0.160 e. The number of nitrogens with zero attached hydrogens (tertiary/aromatic N) is 4. The quantitative estimate of drug-likeness (QED) is 0.172. The molecule has 0 saturated heterocycles. The van der Waals surface area contributed by atoms with E-state index in [4.69, 9.17) is 9.97 Å². The monoisotopic (exact) mass is 694 g/mol. The van der Waals surface area contributed by atoms with Crippen LogP contribution >= 0.6 is 0 Å². The van der Waals surface area contributed by atoms with Crippen LogP contribution in [0.5, 0.6) is 0 Å². The highest BCUT2D eigenvalue weighted by Gasteiger charge is 2.41. The first-order valence-corrected chi connectivity index (χ1v) is 21.3. The van der Waals surface area contributed by atoms with Gasteiger partial charge in [0.1, 0.15) is 8.07 Å². The van der Waals surface area contributed by atoms with Crippen molar-refractivity contribution in [1.82, 2.24) is 19.1 Å². The Balaban J connectivity index is 1.16. The van der Waals surface area contributed by atoms with Gasteiger partial charge in [0.25, 0.3) is 0 Å². The van der Waals surface area contributed by atoms with Crippen molar-refractivity contribution in [2.24, 2.45) is 0 Å². The van der Waals surface area contributed by atoms with Crippen LogP contribution in [-0.4, -0.2) is 27.2 Å². The third-order valence-corrected chi connectivity index (χ3v) is 14.8. The summed E-state index contributed by atoms with van der Waals surface area (Å²) in [5, 5.41) is 7.68. The van der Waals surface area contributed by atoms with Crippen molar-refractivity contribution < 1.29 is 0 Å². The summed E-state index contributed by atoms with van der Waals surface area (Å²) in [6.07, 6.45) is 0. The lowest BCUT2D eigenvalue weighted by atomic mass is 10.0. The second-order valence-corrected chi connectivity index (χ2v) is 18.9. The van der Waals surface area contributed by atoms with Crippen molar-refractivity contribution in [2.45, 2.75) is 13.1 Å². The van der Waals surface area contributed by atoms with Crippen LogP contribution in [0.3, 0.4) is 0 Å². The van der Waals surface area contributed by atoms with Gasteiger partial charge in [0, 0.05) is 44.0 Å². The zero-order valence-corrected chi connectivity index (χ0v) is 30.5. The number of para-hydroxylation sites is 4. The first kappa shape index (κ1) is 30.1. The van der Waals surface area contributed by atoms with E-state index in [1.807, 2.05) is 0 Å². The fraction of sp³-hybridized carbons (Fsp3) is 0.0417. The Hall–Kier alpha value is -6.56. The van der Waals surface area contributed by atoms with Gasteiger partial charge in [0.15, 0.2) is 5.82 Å². The summed E-state index contributed by atoms with van der Waals surface area (Å²) < 4.78 is 4.74. The third kappa shape index (κ3) is 4.35. The molecule has 0 spiro atoms. The van der Waals surface area contributed by atoms with Crippen molar-refractivity contribution in [1.29, 1.82) is 0 Å². The van der Waals surface area contributed by atoms with E-state index in [1.54, 1.807) is 0 Å². The maximum atomic E-state index is 5.57. The van der Waals surface area contributed by atoms with Crippen molar-refractivity contribution in [3.8, 4) is 45.3 Å². The maximum absolute atomic E-state index is 5.57. The molecule has 0 saturated carbocycles. The fourth-order valence-electron chi connectivity index (χ4n) is 8.92. The molecule has 1 aliphatic rings. The van der Waals surface area contributed by atoms with Crippen LogP contribution in [0.4, 0.5) is 0 Å². The Bertz CT molecular complexity index is 3040. The molecule has 0 amide bonds. The Morgan fingerprint density at radius 3 is 1.68 bits per heavy atom. The van der Waals surface area contributed by atoms with Crippen molar-refractivity contribution in [2.75, 3.05) is 0 Å². The Labute approximate surface area is 308 Å². The molecular weight excluding hydrogens is 661 g/mol. The molecule has 0 unspecified atom stereocenters.